The minimum atomic E-state index is -0.651. The standard InChI is InChI=1S/C7H10N2O3.Na/c1-4(2)9-6(11)3-5(10)8-7(9)12;/h3-4,11H,1-2H3,(H,8,10,12);/q;+1/p-1. The molecule has 0 aliphatic carbocycles. The molecule has 6 heteroatoms. The van der Waals surface area contributed by atoms with E-state index >= 15 is 0 Å². The van der Waals surface area contributed by atoms with Crippen LogP contribution in [0.4, 0.5) is 0 Å². The van der Waals surface area contributed by atoms with Gasteiger partial charge in [-0.3, -0.25) is 9.78 Å². The molecule has 0 aliphatic rings. The van der Waals surface area contributed by atoms with Crippen molar-refractivity contribution in [3.63, 3.8) is 0 Å². The van der Waals surface area contributed by atoms with Crippen molar-refractivity contribution in [2.24, 2.45) is 0 Å². The smallest absolute Gasteiger partial charge is 0.860 e. The van der Waals surface area contributed by atoms with E-state index in [2.05, 4.69) is 0 Å². The zero-order chi connectivity index (χ0) is 9.30. The zero-order valence-electron chi connectivity index (χ0n) is 7.83. The second kappa shape index (κ2) is 4.64. The molecule has 1 aromatic rings. The van der Waals surface area contributed by atoms with Crippen LogP contribution in [0.15, 0.2) is 15.7 Å². The predicted octanol–water partition coefficient (Wildman–Crippen LogP) is -3.80. The van der Waals surface area contributed by atoms with E-state index in [4.69, 9.17) is 0 Å². The van der Waals surface area contributed by atoms with Crippen molar-refractivity contribution >= 4 is 0 Å². The molecule has 0 bridgehead atoms. The van der Waals surface area contributed by atoms with E-state index in [9.17, 15) is 14.7 Å². The zero-order valence-corrected chi connectivity index (χ0v) is 9.83. The number of nitrogens with one attached hydrogen (secondary N) is 1. The Morgan fingerprint density at radius 1 is 1.46 bits per heavy atom. The molecule has 0 fully saturated rings. The molecule has 0 atom stereocenters. The van der Waals surface area contributed by atoms with Crippen LogP contribution in [0, 0.1) is 0 Å². The Labute approximate surface area is 96.7 Å². The number of aromatic amines is 1. The minimum Gasteiger partial charge on any atom is -0.860 e. The fourth-order valence-corrected chi connectivity index (χ4v) is 0.972. The number of nitrogens with zero attached hydrogens (tertiary/aromatic N) is 1. The van der Waals surface area contributed by atoms with Crippen LogP contribution < -0.4 is 45.9 Å². The summed E-state index contributed by atoms with van der Waals surface area (Å²) in [6.45, 7) is 3.39. The minimum absolute atomic E-state index is 0. The maximum atomic E-state index is 11.0. The second-order valence-electron chi connectivity index (χ2n) is 2.74. The molecule has 0 aromatic carbocycles. The third-order valence-corrected chi connectivity index (χ3v) is 1.46. The number of rotatable bonds is 1. The van der Waals surface area contributed by atoms with Crippen LogP contribution in [0.5, 0.6) is 5.88 Å². The maximum Gasteiger partial charge on any atom is 1.00 e. The normalized spacial score (nSPS) is 9.77. The molecule has 1 heterocycles. The van der Waals surface area contributed by atoms with Gasteiger partial charge in [0.25, 0.3) is 5.56 Å². The Morgan fingerprint density at radius 3 is 2.38 bits per heavy atom. The van der Waals surface area contributed by atoms with Crippen LogP contribution in [0.1, 0.15) is 19.9 Å². The van der Waals surface area contributed by atoms with Crippen molar-refractivity contribution in [3.05, 3.63) is 26.9 Å². The van der Waals surface area contributed by atoms with Gasteiger partial charge < -0.3 is 9.67 Å². The third-order valence-electron chi connectivity index (χ3n) is 1.46. The number of hydrogen-bond donors (Lipinski definition) is 1. The first kappa shape index (κ1) is 12.5. The molecule has 0 radical (unpaired) electrons. The molecule has 66 valence electrons. The van der Waals surface area contributed by atoms with Crippen LogP contribution in [0.25, 0.3) is 0 Å². The Morgan fingerprint density at radius 2 is 2.00 bits per heavy atom. The van der Waals surface area contributed by atoms with E-state index < -0.39 is 17.1 Å². The van der Waals surface area contributed by atoms with Gasteiger partial charge in [0.1, 0.15) is 0 Å². The molecule has 5 nitrogen and oxygen atoms in total. The summed E-state index contributed by atoms with van der Waals surface area (Å²) in [6, 6.07) is 0.628. The molecule has 0 saturated heterocycles. The van der Waals surface area contributed by atoms with Crippen molar-refractivity contribution in [2.45, 2.75) is 19.9 Å². The van der Waals surface area contributed by atoms with Crippen LogP contribution in [-0.4, -0.2) is 9.55 Å². The largest absolute Gasteiger partial charge is 1.00 e. The molecular formula is C7H9N2NaO3. The van der Waals surface area contributed by atoms with Gasteiger partial charge in [-0.05, 0) is 19.7 Å². The topological polar surface area (TPSA) is 77.9 Å². The quantitative estimate of drug-likeness (QED) is 0.463. The van der Waals surface area contributed by atoms with E-state index in [0.717, 1.165) is 10.6 Å². The van der Waals surface area contributed by atoms with Gasteiger partial charge in [0.15, 0.2) is 0 Å². The predicted molar refractivity (Wildman–Crippen MR) is 41.2 cm³/mol. The molecule has 1 aromatic heterocycles. The van der Waals surface area contributed by atoms with Gasteiger partial charge in [0.2, 0.25) is 0 Å². The van der Waals surface area contributed by atoms with Crippen molar-refractivity contribution in [1.29, 1.82) is 0 Å². The first-order chi connectivity index (χ1) is 5.52. The summed E-state index contributed by atoms with van der Waals surface area (Å²) < 4.78 is 0.987. The van der Waals surface area contributed by atoms with E-state index in [0.29, 0.717) is 0 Å². The summed E-state index contributed by atoms with van der Waals surface area (Å²) in [5.41, 5.74) is -1.30. The summed E-state index contributed by atoms with van der Waals surface area (Å²) in [7, 11) is 0. The second-order valence-corrected chi connectivity index (χ2v) is 2.74. The van der Waals surface area contributed by atoms with Gasteiger partial charge in [-0.15, -0.1) is 0 Å². The summed E-state index contributed by atoms with van der Waals surface area (Å²) in [4.78, 5) is 23.6. The third kappa shape index (κ3) is 2.72. The Kier molecular flexibility index (Phi) is 4.46. The summed E-state index contributed by atoms with van der Waals surface area (Å²) in [6.07, 6.45) is 0. The van der Waals surface area contributed by atoms with Gasteiger partial charge in [0.05, 0.1) is 0 Å². The Balaban J connectivity index is 0.00000144. The molecule has 0 saturated carbocycles. The van der Waals surface area contributed by atoms with Crippen LogP contribution >= 0.6 is 0 Å². The van der Waals surface area contributed by atoms with Gasteiger partial charge >= 0.3 is 35.2 Å². The van der Waals surface area contributed by atoms with E-state index in [1.165, 1.54) is 0 Å². The van der Waals surface area contributed by atoms with Crippen molar-refractivity contribution in [1.82, 2.24) is 9.55 Å². The Bertz CT molecular complexity index is 393. The van der Waals surface area contributed by atoms with E-state index in [1.807, 2.05) is 4.98 Å². The van der Waals surface area contributed by atoms with Crippen molar-refractivity contribution < 1.29 is 34.7 Å². The average molecular weight is 192 g/mol. The average Bonchev–Trinajstić information content (AvgIpc) is 1.82. The SMILES string of the molecule is CC(C)n1c([O-])cc(=O)[nH]c1=O.[Na+]. The fourth-order valence-electron chi connectivity index (χ4n) is 0.972. The van der Waals surface area contributed by atoms with Gasteiger partial charge in [-0.2, -0.15) is 0 Å². The molecular weight excluding hydrogens is 183 g/mol. The van der Waals surface area contributed by atoms with Crippen molar-refractivity contribution in [3.8, 4) is 5.88 Å². The number of aromatic nitrogens is 2. The Hall–Kier alpha value is -0.520. The van der Waals surface area contributed by atoms with Gasteiger partial charge in [-0.1, -0.05) is 0 Å². The van der Waals surface area contributed by atoms with Crippen LogP contribution in [-0.2, 0) is 0 Å². The fraction of sp³-hybridized carbons (Fsp3) is 0.429. The van der Waals surface area contributed by atoms with E-state index in [-0.39, 0.29) is 35.6 Å². The van der Waals surface area contributed by atoms with E-state index in [1.54, 1.807) is 13.8 Å². The molecule has 0 unspecified atom stereocenters. The first-order valence-electron chi connectivity index (χ1n) is 3.55. The van der Waals surface area contributed by atoms with Crippen LogP contribution in [0.3, 0.4) is 0 Å². The number of hydrogen-bond acceptors (Lipinski definition) is 3. The molecule has 1 rings (SSSR count). The summed E-state index contributed by atoms with van der Waals surface area (Å²) in [5, 5.41) is 11.0. The monoisotopic (exact) mass is 192 g/mol. The molecule has 1 N–H and O–H groups in total. The molecule has 0 spiro atoms. The van der Waals surface area contributed by atoms with Crippen molar-refractivity contribution in [2.75, 3.05) is 0 Å². The van der Waals surface area contributed by atoms with Crippen LogP contribution in [0.2, 0.25) is 0 Å². The van der Waals surface area contributed by atoms with Gasteiger partial charge in [0, 0.05) is 12.1 Å². The van der Waals surface area contributed by atoms with Gasteiger partial charge in [-0.25, -0.2) is 4.79 Å². The summed E-state index contributed by atoms with van der Waals surface area (Å²) >= 11 is 0. The maximum absolute atomic E-state index is 11.0. The number of H-pyrrole nitrogens is 1. The molecule has 0 aliphatic heterocycles. The first-order valence-corrected chi connectivity index (χ1v) is 3.55. The molecule has 13 heavy (non-hydrogen) atoms. The summed E-state index contributed by atoms with van der Waals surface area (Å²) in [5.74, 6) is -0.557. The molecule has 0 amide bonds.